The lowest BCUT2D eigenvalue weighted by Crippen LogP contribution is -2.57. The Labute approximate surface area is 230 Å². The molecule has 39 heavy (non-hydrogen) atoms. The summed E-state index contributed by atoms with van der Waals surface area (Å²) in [5, 5.41) is 15.2. The largest absolute Gasteiger partial charge is 0.444 e. The fourth-order valence-corrected chi connectivity index (χ4v) is 4.58. The predicted molar refractivity (Wildman–Crippen MR) is 149 cm³/mol. The lowest BCUT2D eigenvalue weighted by atomic mass is 10.1. The van der Waals surface area contributed by atoms with Gasteiger partial charge in [-0.1, -0.05) is 24.6 Å². The first-order chi connectivity index (χ1) is 18.4. The fourth-order valence-electron chi connectivity index (χ4n) is 4.33. The Hall–Kier alpha value is -4.31. The van der Waals surface area contributed by atoms with Crippen molar-refractivity contribution in [2.45, 2.75) is 45.8 Å². The number of nitrogens with zero attached hydrogens (tertiary/aromatic N) is 7. The van der Waals surface area contributed by atoms with Gasteiger partial charge in [-0.3, -0.25) is 4.79 Å². The Morgan fingerprint density at radius 2 is 1.90 bits per heavy atom. The summed E-state index contributed by atoms with van der Waals surface area (Å²) in [6.45, 7) is 8.70. The third kappa shape index (κ3) is 5.75. The van der Waals surface area contributed by atoms with E-state index < -0.39 is 17.7 Å². The molecule has 1 aliphatic heterocycles. The van der Waals surface area contributed by atoms with Gasteiger partial charge in [-0.2, -0.15) is 15.2 Å². The van der Waals surface area contributed by atoms with Gasteiger partial charge in [0.1, 0.15) is 23.1 Å². The summed E-state index contributed by atoms with van der Waals surface area (Å²) in [7, 11) is 0. The number of ether oxygens (including phenoxy) is 1. The Bertz CT molecular complexity index is 1500. The zero-order valence-electron chi connectivity index (χ0n) is 22.2. The van der Waals surface area contributed by atoms with E-state index in [0.29, 0.717) is 43.9 Å². The number of carbonyl (C=O) groups excluding carboxylic acids is 1. The predicted octanol–water partition coefficient (Wildman–Crippen LogP) is 2.63. The molecule has 13 nitrogen and oxygen atoms in total. The number of piperazine rings is 1. The van der Waals surface area contributed by atoms with Crippen LogP contribution in [-0.4, -0.2) is 62.4 Å². The van der Waals surface area contributed by atoms with Crippen LogP contribution >= 0.6 is 11.6 Å². The molecule has 14 heteroatoms. The number of fused-ring (bicyclic) bond motifs is 1. The van der Waals surface area contributed by atoms with Gasteiger partial charge >= 0.3 is 6.09 Å². The Morgan fingerprint density at radius 1 is 1.21 bits per heavy atom. The third-order valence-electron chi connectivity index (χ3n) is 6.14. The number of hydrogen-bond donors (Lipinski definition) is 3. The van der Waals surface area contributed by atoms with Crippen molar-refractivity contribution in [2.24, 2.45) is 0 Å². The smallest absolute Gasteiger partial charge is 0.410 e. The van der Waals surface area contributed by atoms with E-state index in [1.165, 1.54) is 4.68 Å². The maximum atomic E-state index is 13.9. The van der Waals surface area contributed by atoms with Crippen LogP contribution in [0.4, 0.5) is 22.4 Å². The van der Waals surface area contributed by atoms with Crippen molar-refractivity contribution < 1.29 is 9.53 Å². The van der Waals surface area contributed by atoms with Crippen LogP contribution in [0.1, 0.15) is 51.5 Å². The molecule has 1 atom stereocenters. The minimum atomic E-state index is -0.618. The number of rotatable bonds is 5. The molecular weight excluding hydrogens is 524 g/mol. The molecule has 0 aliphatic carbocycles. The van der Waals surface area contributed by atoms with Gasteiger partial charge in [-0.05, 0) is 39.3 Å². The van der Waals surface area contributed by atoms with E-state index >= 15 is 0 Å². The summed E-state index contributed by atoms with van der Waals surface area (Å²) in [5.74, 6) is 0.354. The molecule has 1 fully saturated rings. The van der Waals surface area contributed by atoms with E-state index in [2.05, 4.69) is 15.3 Å². The number of nitrogens with one attached hydrogen (secondary N) is 1. The summed E-state index contributed by atoms with van der Waals surface area (Å²) in [5.41, 5.74) is 11.2. The van der Waals surface area contributed by atoms with Crippen LogP contribution in [0.3, 0.4) is 0 Å². The minimum absolute atomic E-state index is 0.0337. The SMILES string of the molecule is CC[C@H](Nc1nc(N)nc(N)c1C#N)c1nc2cccc(Cl)c2c(=O)n1N1CCN(C(=O)OC(C)(C)C)CC1. The van der Waals surface area contributed by atoms with Crippen molar-refractivity contribution in [2.75, 3.05) is 48.0 Å². The second-order valence-corrected chi connectivity index (χ2v) is 10.5. The number of carbonyl (C=O) groups is 1. The van der Waals surface area contributed by atoms with E-state index in [-0.39, 0.29) is 39.1 Å². The van der Waals surface area contributed by atoms with Gasteiger partial charge in [0.15, 0.2) is 11.6 Å². The summed E-state index contributed by atoms with van der Waals surface area (Å²) >= 11 is 6.43. The van der Waals surface area contributed by atoms with Crippen LogP contribution < -0.4 is 27.4 Å². The second-order valence-electron chi connectivity index (χ2n) is 10.0. The van der Waals surface area contributed by atoms with Crippen molar-refractivity contribution in [1.29, 1.82) is 5.26 Å². The van der Waals surface area contributed by atoms with Gasteiger partial charge in [0.05, 0.1) is 35.1 Å². The molecule has 5 N–H and O–H groups in total. The molecule has 3 heterocycles. The Morgan fingerprint density at radius 3 is 2.51 bits per heavy atom. The van der Waals surface area contributed by atoms with Crippen LogP contribution in [0.25, 0.3) is 10.9 Å². The van der Waals surface area contributed by atoms with E-state index in [9.17, 15) is 14.9 Å². The van der Waals surface area contributed by atoms with Gasteiger partial charge in [0, 0.05) is 13.1 Å². The van der Waals surface area contributed by atoms with E-state index in [1.807, 2.05) is 38.8 Å². The normalized spacial score (nSPS) is 14.7. The van der Waals surface area contributed by atoms with Crippen molar-refractivity contribution in [3.8, 4) is 6.07 Å². The average Bonchev–Trinajstić information content (AvgIpc) is 2.86. The van der Waals surface area contributed by atoms with Gasteiger partial charge < -0.3 is 31.4 Å². The van der Waals surface area contributed by atoms with Crippen LogP contribution in [0.15, 0.2) is 23.0 Å². The first-order valence-electron chi connectivity index (χ1n) is 12.5. The van der Waals surface area contributed by atoms with Crippen molar-refractivity contribution in [3.05, 3.63) is 45.0 Å². The highest BCUT2D eigenvalue weighted by Gasteiger charge is 2.30. The highest BCUT2D eigenvalue weighted by Crippen LogP contribution is 2.27. The molecule has 0 bridgehead atoms. The van der Waals surface area contributed by atoms with Crippen LogP contribution in [0, 0.1) is 11.3 Å². The number of nitriles is 1. The molecule has 0 radical (unpaired) electrons. The van der Waals surface area contributed by atoms with Gasteiger partial charge in [-0.25, -0.2) is 14.5 Å². The third-order valence-corrected chi connectivity index (χ3v) is 6.45. The number of benzene rings is 1. The summed E-state index contributed by atoms with van der Waals surface area (Å²) in [6.07, 6.45) is 0.0518. The van der Waals surface area contributed by atoms with Crippen LogP contribution in [0.5, 0.6) is 0 Å². The highest BCUT2D eigenvalue weighted by molar-refractivity contribution is 6.35. The second kappa shape index (κ2) is 10.8. The number of amides is 1. The summed E-state index contributed by atoms with van der Waals surface area (Å²) < 4.78 is 6.99. The number of halogens is 1. The molecule has 0 unspecified atom stereocenters. The molecule has 1 aliphatic rings. The first kappa shape index (κ1) is 27.7. The topological polar surface area (TPSA) is 181 Å². The molecule has 206 valence electrons. The number of nitrogens with two attached hydrogens (primary N) is 2. The fraction of sp³-hybridized carbons (Fsp3) is 0.440. The Kier molecular flexibility index (Phi) is 7.69. The number of nitrogen functional groups attached to an aromatic ring is 2. The molecule has 1 aromatic carbocycles. The minimum Gasteiger partial charge on any atom is -0.444 e. The maximum Gasteiger partial charge on any atom is 0.410 e. The molecule has 3 aromatic rings. The summed E-state index contributed by atoms with van der Waals surface area (Å²) in [4.78, 5) is 41.0. The quantitative estimate of drug-likeness (QED) is 0.421. The highest BCUT2D eigenvalue weighted by atomic mass is 35.5. The molecule has 0 saturated carbocycles. The number of aromatic nitrogens is 4. The van der Waals surface area contributed by atoms with Crippen molar-refractivity contribution >= 4 is 46.2 Å². The average molecular weight is 555 g/mol. The van der Waals surface area contributed by atoms with E-state index in [4.69, 9.17) is 32.8 Å². The van der Waals surface area contributed by atoms with Gasteiger partial charge in [-0.15, -0.1) is 0 Å². The lowest BCUT2D eigenvalue weighted by Gasteiger charge is -2.38. The first-order valence-corrected chi connectivity index (χ1v) is 12.8. The monoisotopic (exact) mass is 554 g/mol. The standard InChI is InChI=1S/C25H31ClN10O3/c1-5-16(30-20-14(13-27)19(28)32-23(29)33-20)21-31-17-8-6-7-15(26)18(17)22(37)36(21)35-11-9-34(10-12-35)24(38)39-25(2,3)4/h6-8,16H,5,9-12H2,1-4H3,(H5,28,29,30,32,33)/t16-/m0/s1. The van der Waals surface area contributed by atoms with Crippen molar-refractivity contribution in [1.82, 2.24) is 24.5 Å². The lowest BCUT2D eigenvalue weighted by molar-refractivity contribution is 0.0231. The zero-order chi connectivity index (χ0) is 28.5. The van der Waals surface area contributed by atoms with Gasteiger partial charge in [0.25, 0.3) is 5.56 Å². The molecular formula is C25H31ClN10O3. The van der Waals surface area contributed by atoms with Gasteiger partial charge in [0.2, 0.25) is 5.95 Å². The van der Waals surface area contributed by atoms with Crippen LogP contribution in [0.2, 0.25) is 5.02 Å². The Balaban J connectivity index is 1.77. The van der Waals surface area contributed by atoms with Crippen LogP contribution in [-0.2, 0) is 4.74 Å². The zero-order valence-corrected chi connectivity index (χ0v) is 23.0. The molecule has 2 aromatic heterocycles. The molecule has 1 amide bonds. The molecule has 1 saturated heterocycles. The van der Waals surface area contributed by atoms with E-state index in [0.717, 1.165) is 0 Å². The number of hydrogen-bond acceptors (Lipinski definition) is 11. The summed E-state index contributed by atoms with van der Waals surface area (Å²) in [6, 6.07) is 6.49. The van der Waals surface area contributed by atoms with Crippen molar-refractivity contribution in [3.63, 3.8) is 0 Å². The molecule has 4 rings (SSSR count). The molecule has 0 spiro atoms. The maximum absolute atomic E-state index is 13.9. The number of anilines is 3. The van der Waals surface area contributed by atoms with E-state index in [1.54, 1.807) is 23.1 Å².